The van der Waals surface area contributed by atoms with Crippen molar-refractivity contribution in [1.82, 2.24) is 0 Å². The SMILES string of the molecule is Oc1ccc(C23CC4CC(CC(C4)C2)C3)c2ccccc12. The zero-order chi connectivity index (χ0) is 14.0. The highest BCUT2D eigenvalue weighted by atomic mass is 16.3. The van der Waals surface area contributed by atoms with E-state index in [0.717, 1.165) is 23.1 Å². The van der Waals surface area contributed by atoms with Gasteiger partial charge in [-0.3, -0.25) is 0 Å². The van der Waals surface area contributed by atoms with Gasteiger partial charge in [0.15, 0.2) is 0 Å². The fraction of sp³-hybridized carbons (Fsp3) is 0.500. The van der Waals surface area contributed by atoms with E-state index in [2.05, 4.69) is 24.3 Å². The quantitative estimate of drug-likeness (QED) is 0.777. The summed E-state index contributed by atoms with van der Waals surface area (Å²) in [6.07, 6.45) is 8.59. The molecule has 0 saturated heterocycles. The zero-order valence-electron chi connectivity index (χ0n) is 12.4. The molecule has 4 aliphatic carbocycles. The lowest BCUT2D eigenvalue weighted by molar-refractivity contribution is -0.00450. The minimum absolute atomic E-state index is 0.405. The Morgan fingerprint density at radius 1 is 0.762 bits per heavy atom. The molecule has 108 valence electrons. The van der Waals surface area contributed by atoms with Crippen LogP contribution in [0.3, 0.4) is 0 Å². The molecule has 6 rings (SSSR count). The maximum Gasteiger partial charge on any atom is 0.123 e. The zero-order valence-corrected chi connectivity index (χ0v) is 12.4. The summed E-state index contributed by atoms with van der Waals surface area (Å²) in [5.41, 5.74) is 1.93. The van der Waals surface area contributed by atoms with E-state index in [1.54, 1.807) is 0 Å². The molecule has 4 aliphatic rings. The smallest absolute Gasteiger partial charge is 0.123 e. The highest BCUT2D eigenvalue weighted by molar-refractivity contribution is 5.91. The maximum atomic E-state index is 10.2. The van der Waals surface area contributed by atoms with Crippen LogP contribution in [0, 0.1) is 17.8 Å². The summed E-state index contributed by atoms with van der Waals surface area (Å²) in [5, 5.41) is 12.5. The average Bonchev–Trinajstić information content (AvgIpc) is 2.46. The predicted molar refractivity (Wildman–Crippen MR) is 85.5 cm³/mol. The molecule has 0 aliphatic heterocycles. The van der Waals surface area contributed by atoms with Crippen molar-refractivity contribution >= 4 is 10.8 Å². The Morgan fingerprint density at radius 3 is 1.95 bits per heavy atom. The Bertz CT molecular complexity index is 680. The van der Waals surface area contributed by atoms with Gasteiger partial charge >= 0.3 is 0 Å². The van der Waals surface area contributed by atoms with Gasteiger partial charge in [0.1, 0.15) is 5.75 Å². The van der Waals surface area contributed by atoms with E-state index in [4.69, 9.17) is 0 Å². The molecule has 1 nitrogen and oxygen atoms in total. The van der Waals surface area contributed by atoms with Crippen LogP contribution in [-0.2, 0) is 5.41 Å². The van der Waals surface area contributed by atoms with Gasteiger partial charge in [-0.15, -0.1) is 0 Å². The first kappa shape index (κ1) is 12.1. The standard InChI is InChI=1S/C20H22O/c21-19-6-5-18(16-3-1-2-4-17(16)19)20-10-13-7-14(11-20)9-15(8-13)12-20/h1-6,13-15,21H,7-12H2. The predicted octanol–water partition coefficient (Wildman–Crippen LogP) is 5.01. The van der Waals surface area contributed by atoms with Crippen molar-refractivity contribution in [2.75, 3.05) is 0 Å². The van der Waals surface area contributed by atoms with Crippen LogP contribution < -0.4 is 0 Å². The van der Waals surface area contributed by atoms with Crippen LogP contribution in [0.25, 0.3) is 10.8 Å². The lowest BCUT2D eigenvalue weighted by Crippen LogP contribution is -2.48. The molecule has 1 N–H and O–H groups in total. The third kappa shape index (κ3) is 1.64. The summed E-state index contributed by atoms with van der Waals surface area (Å²) in [7, 11) is 0. The molecule has 2 aromatic carbocycles. The highest BCUT2D eigenvalue weighted by Crippen LogP contribution is 2.61. The third-order valence-corrected chi connectivity index (χ3v) is 6.51. The van der Waals surface area contributed by atoms with Gasteiger partial charge in [0.05, 0.1) is 0 Å². The first-order valence-corrected chi connectivity index (χ1v) is 8.45. The van der Waals surface area contributed by atoms with E-state index in [9.17, 15) is 5.11 Å². The molecule has 0 atom stereocenters. The van der Waals surface area contributed by atoms with E-state index >= 15 is 0 Å². The summed E-state index contributed by atoms with van der Waals surface area (Å²) in [6, 6.07) is 12.6. The number of hydrogen-bond acceptors (Lipinski definition) is 1. The van der Waals surface area contributed by atoms with Crippen LogP contribution >= 0.6 is 0 Å². The second-order valence-corrected chi connectivity index (χ2v) is 7.88. The lowest BCUT2D eigenvalue weighted by Gasteiger charge is -2.57. The fourth-order valence-corrected chi connectivity index (χ4v) is 6.19. The molecule has 2 aromatic rings. The van der Waals surface area contributed by atoms with E-state index in [0.29, 0.717) is 11.2 Å². The summed E-state index contributed by atoms with van der Waals surface area (Å²) in [6.45, 7) is 0. The number of hydrogen-bond donors (Lipinski definition) is 1. The molecule has 4 fully saturated rings. The van der Waals surface area contributed by atoms with Gasteiger partial charge < -0.3 is 5.11 Å². The number of fused-ring (bicyclic) bond motifs is 1. The second kappa shape index (κ2) is 4.03. The monoisotopic (exact) mass is 278 g/mol. The van der Waals surface area contributed by atoms with Crippen molar-refractivity contribution in [3.63, 3.8) is 0 Å². The van der Waals surface area contributed by atoms with Gasteiger partial charge in [0, 0.05) is 5.39 Å². The topological polar surface area (TPSA) is 20.2 Å². The van der Waals surface area contributed by atoms with Gasteiger partial charge in [-0.05, 0) is 78.7 Å². The van der Waals surface area contributed by atoms with Crippen molar-refractivity contribution in [1.29, 1.82) is 0 Å². The Balaban J connectivity index is 1.73. The van der Waals surface area contributed by atoms with Crippen LogP contribution in [0.1, 0.15) is 44.1 Å². The van der Waals surface area contributed by atoms with Crippen molar-refractivity contribution in [3.8, 4) is 5.75 Å². The van der Waals surface area contributed by atoms with Gasteiger partial charge in [-0.1, -0.05) is 30.3 Å². The molecule has 0 spiro atoms. The van der Waals surface area contributed by atoms with E-state index < -0.39 is 0 Å². The summed E-state index contributed by atoms with van der Waals surface area (Å²) in [4.78, 5) is 0. The molecule has 0 heterocycles. The van der Waals surface area contributed by atoms with Crippen molar-refractivity contribution in [2.24, 2.45) is 17.8 Å². The molecule has 0 amide bonds. The average molecular weight is 278 g/mol. The van der Waals surface area contributed by atoms with E-state index in [-0.39, 0.29) is 0 Å². The number of aromatic hydroxyl groups is 1. The first-order valence-electron chi connectivity index (χ1n) is 8.45. The first-order chi connectivity index (χ1) is 10.2. The number of benzene rings is 2. The van der Waals surface area contributed by atoms with Crippen LogP contribution in [0.4, 0.5) is 0 Å². The molecule has 4 saturated carbocycles. The largest absolute Gasteiger partial charge is 0.507 e. The second-order valence-electron chi connectivity index (χ2n) is 7.88. The van der Waals surface area contributed by atoms with Gasteiger partial charge in [-0.2, -0.15) is 0 Å². The van der Waals surface area contributed by atoms with Gasteiger partial charge in [-0.25, -0.2) is 0 Å². The highest BCUT2D eigenvalue weighted by Gasteiger charge is 2.51. The summed E-state index contributed by atoms with van der Waals surface area (Å²) in [5.74, 6) is 3.32. The van der Waals surface area contributed by atoms with Crippen molar-refractivity contribution < 1.29 is 5.11 Å². The lowest BCUT2D eigenvalue weighted by atomic mass is 9.48. The Morgan fingerprint density at radius 2 is 1.33 bits per heavy atom. The van der Waals surface area contributed by atoms with Gasteiger partial charge in [0.2, 0.25) is 0 Å². The van der Waals surface area contributed by atoms with E-state index in [1.807, 2.05) is 12.1 Å². The Kier molecular flexibility index (Phi) is 2.32. The molecule has 0 aromatic heterocycles. The normalized spacial score (nSPS) is 37.2. The Hall–Kier alpha value is -1.50. The molecule has 0 unspecified atom stereocenters. The molecule has 4 bridgehead atoms. The number of rotatable bonds is 1. The summed E-state index contributed by atoms with van der Waals surface area (Å²) < 4.78 is 0. The van der Waals surface area contributed by atoms with Crippen molar-refractivity contribution in [3.05, 3.63) is 42.0 Å². The number of phenolic OH excluding ortho intramolecular Hbond substituents is 1. The maximum absolute atomic E-state index is 10.2. The molecule has 21 heavy (non-hydrogen) atoms. The van der Waals surface area contributed by atoms with Crippen LogP contribution in [0.5, 0.6) is 5.75 Å². The molecule has 1 heteroatoms. The Labute approximate surface area is 126 Å². The van der Waals surface area contributed by atoms with Crippen LogP contribution in [-0.4, -0.2) is 5.11 Å². The molecular formula is C20H22O. The minimum atomic E-state index is 0.405. The minimum Gasteiger partial charge on any atom is -0.507 e. The van der Waals surface area contributed by atoms with Gasteiger partial charge in [0.25, 0.3) is 0 Å². The van der Waals surface area contributed by atoms with Crippen molar-refractivity contribution in [2.45, 2.75) is 43.9 Å². The van der Waals surface area contributed by atoms with E-state index in [1.165, 1.54) is 49.5 Å². The summed E-state index contributed by atoms with van der Waals surface area (Å²) >= 11 is 0. The van der Waals surface area contributed by atoms with Crippen LogP contribution in [0.2, 0.25) is 0 Å². The number of phenols is 1. The third-order valence-electron chi connectivity index (χ3n) is 6.51. The molecule has 0 radical (unpaired) electrons. The fourth-order valence-electron chi connectivity index (χ4n) is 6.19. The van der Waals surface area contributed by atoms with Crippen LogP contribution in [0.15, 0.2) is 36.4 Å². The molecular weight excluding hydrogens is 256 g/mol.